The van der Waals surface area contributed by atoms with Crippen molar-refractivity contribution in [2.75, 3.05) is 18.8 Å². The molecule has 1 aromatic rings. The second kappa shape index (κ2) is 17.9. The number of aliphatic imine (C=N–C) groups is 2. The van der Waals surface area contributed by atoms with Crippen LogP contribution in [-0.2, 0) is 31.7 Å². The smallest absolute Gasteiger partial charge is 0.327 e. The summed E-state index contributed by atoms with van der Waals surface area (Å²) in [4.78, 5) is 34.9. The molecule has 1 aromatic heterocycles. The first-order chi connectivity index (χ1) is 26.7. The Hall–Kier alpha value is -4.90. The molecule has 0 fully saturated rings. The van der Waals surface area contributed by atoms with Crippen molar-refractivity contribution >= 4 is 39.4 Å². The molecule has 3 aliphatic heterocycles. The van der Waals surface area contributed by atoms with E-state index in [0.717, 1.165) is 41.1 Å². The molecule has 1 amide bonds. The fraction of sp³-hybridized carbons (Fsp3) is 0.512. The van der Waals surface area contributed by atoms with Crippen LogP contribution in [-0.4, -0.2) is 97.9 Å². The lowest BCUT2D eigenvalue weighted by atomic mass is 9.80. The first-order valence-electron chi connectivity index (χ1n) is 19.2. The summed E-state index contributed by atoms with van der Waals surface area (Å²) in [5, 5.41) is 42.5. The van der Waals surface area contributed by atoms with Gasteiger partial charge < -0.3 is 30.6 Å². The van der Waals surface area contributed by atoms with Crippen molar-refractivity contribution in [3.63, 3.8) is 0 Å². The zero-order valence-electron chi connectivity index (χ0n) is 34.5. The van der Waals surface area contributed by atoms with Gasteiger partial charge in [0.2, 0.25) is 5.91 Å². The number of carbonyl (C=O) groups excluding carboxylic acids is 1. The molecule has 14 nitrogen and oxygen atoms in total. The van der Waals surface area contributed by atoms with E-state index in [9.17, 15) is 37.9 Å². The second-order valence-electron chi connectivity index (χ2n) is 16.9. The van der Waals surface area contributed by atoms with Crippen LogP contribution < -0.4 is 9.88 Å². The highest BCUT2D eigenvalue weighted by molar-refractivity contribution is 7.85. The zero-order valence-corrected chi connectivity index (χ0v) is 35.4. The van der Waals surface area contributed by atoms with E-state index in [2.05, 4.69) is 47.7 Å². The summed E-state index contributed by atoms with van der Waals surface area (Å²) in [6.07, 6.45) is 12.2. The molecular weight excluding hydrogens is 763 g/mol. The fourth-order valence-electron chi connectivity index (χ4n) is 6.52. The van der Waals surface area contributed by atoms with Crippen LogP contribution in [0.4, 0.5) is 5.82 Å². The number of aliphatic carboxylic acids is 1. The molecule has 1 atom stereocenters. The van der Waals surface area contributed by atoms with Gasteiger partial charge in [-0.2, -0.15) is 8.42 Å². The lowest BCUT2D eigenvalue weighted by Gasteiger charge is -2.29. The summed E-state index contributed by atoms with van der Waals surface area (Å²) in [6.45, 7) is 15.0. The van der Waals surface area contributed by atoms with Gasteiger partial charge in [0.1, 0.15) is 41.6 Å². The summed E-state index contributed by atoms with van der Waals surface area (Å²) in [5.41, 5.74) is 0.835. The largest absolute Gasteiger partial charge is 0.481 e. The number of pyridine rings is 1. The summed E-state index contributed by atoms with van der Waals surface area (Å²) in [6, 6.07) is 1.86. The number of unbranched alkanes of at least 4 members (excludes halogenated alkanes) is 2. The number of fused-ring (bicyclic) bond motifs is 2. The number of hydrogen-bond donors (Lipinski definition) is 6. The summed E-state index contributed by atoms with van der Waals surface area (Å²) in [7, 11) is -4.44. The molecule has 6 N–H and O–H groups in total. The number of carbonyl (C=O) groups is 2. The number of aliphatic hydroxyl groups excluding tert-OH is 1. The van der Waals surface area contributed by atoms with E-state index in [1.54, 1.807) is 38.5 Å². The van der Waals surface area contributed by atoms with Gasteiger partial charge in [0.05, 0.1) is 28.7 Å². The van der Waals surface area contributed by atoms with Crippen molar-refractivity contribution in [1.82, 2.24) is 10.2 Å². The van der Waals surface area contributed by atoms with Crippen LogP contribution in [0, 0.1) is 29.1 Å². The highest BCUT2D eigenvalue weighted by atomic mass is 32.2. The van der Waals surface area contributed by atoms with Crippen LogP contribution in [0.2, 0.25) is 0 Å². The number of nitrogens with zero attached hydrogens (tertiary/aromatic N) is 4. The lowest BCUT2D eigenvalue weighted by molar-refractivity contribution is -0.690. The average molecular weight is 819 g/mol. The number of aromatic nitrogens is 1. The minimum Gasteiger partial charge on any atom is -0.481 e. The molecule has 4 heterocycles. The summed E-state index contributed by atoms with van der Waals surface area (Å²) < 4.78 is 34.0. The highest BCUT2D eigenvalue weighted by Gasteiger charge is 2.44. The molecule has 0 aromatic carbocycles. The zero-order chi connectivity index (χ0) is 43.3. The van der Waals surface area contributed by atoms with Crippen molar-refractivity contribution < 1.29 is 47.6 Å². The summed E-state index contributed by atoms with van der Waals surface area (Å²) >= 11 is 0. The highest BCUT2D eigenvalue weighted by Crippen LogP contribution is 2.45. The molecule has 3 aliphatic rings. The third-order valence-electron chi connectivity index (χ3n) is 9.60. The molecule has 15 heteroatoms. The van der Waals surface area contributed by atoms with E-state index >= 15 is 0 Å². The number of aliphatic hydroxyl groups is 3. The predicted molar refractivity (Wildman–Crippen MR) is 221 cm³/mol. The molecule has 312 valence electrons. The maximum absolute atomic E-state index is 12.1. The van der Waals surface area contributed by atoms with Crippen LogP contribution in [0.15, 0.2) is 69.6 Å². The van der Waals surface area contributed by atoms with Crippen molar-refractivity contribution in [2.24, 2.45) is 15.4 Å². The first kappa shape index (κ1) is 45.8. The minimum absolute atomic E-state index is 0.102. The van der Waals surface area contributed by atoms with E-state index < -0.39 is 50.0 Å². The Morgan fingerprint density at radius 1 is 1.00 bits per heavy atom. The van der Waals surface area contributed by atoms with E-state index in [-0.39, 0.29) is 25.4 Å². The van der Waals surface area contributed by atoms with E-state index in [1.807, 2.05) is 50.4 Å². The van der Waals surface area contributed by atoms with Crippen LogP contribution >= 0.6 is 0 Å². The van der Waals surface area contributed by atoms with Crippen LogP contribution in [0.3, 0.4) is 0 Å². The van der Waals surface area contributed by atoms with Gasteiger partial charge >= 0.3 is 11.8 Å². The van der Waals surface area contributed by atoms with Crippen molar-refractivity contribution in [3.8, 4) is 23.7 Å². The SMILES string of the molecule is CC(C)(O)C#CC1=CN(CCCCCC(=O)NCCC(=O)O)C2=N/C(=C\C=C\C3=Nc4c(cc(C#CC(C)(C)O)c[n+]4CC(O)CS(=O)(=O)O)C3(C)C)C(C)(C)C2=C1. The Balaban J connectivity index is 1.61. The monoisotopic (exact) mass is 818 g/mol. The van der Waals surface area contributed by atoms with E-state index in [0.29, 0.717) is 36.5 Å². The summed E-state index contributed by atoms with van der Waals surface area (Å²) in [5.74, 6) is 11.1. The Morgan fingerprint density at radius 3 is 2.31 bits per heavy atom. The number of rotatable bonds is 15. The normalized spacial score (nSPS) is 18.2. The van der Waals surface area contributed by atoms with Crippen molar-refractivity contribution in [1.29, 1.82) is 0 Å². The molecule has 0 bridgehead atoms. The molecular formula is C43H56N5O9S+. The van der Waals surface area contributed by atoms with Gasteiger partial charge in [-0.1, -0.05) is 50.0 Å². The Morgan fingerprint density at radius 2 is 1.67 bits per heavy atom. The molecule has 58 heavy (non-hydrogen) atoms. The molecule has 0 saturated heterocycles. The van der Waals surface area contributed by atoms with Gasteiger partial charge in [-0.3, -0.25) is 14.1 Å². The average Bonchev–Trinajstić information content (AvgIpc) is 3.48. The number of carboxylic acids is 1. The third kappa shape index (κ3) is 12.8. The van der Waals surface area contributed by atoms with Gasteiger partial charge in [-0.05, 0) is 83.7 Å². The van der Waals surface area contributed by atoms with Gasteiger partial charge in [-0.15, -0.1) is 0 Å². The molecule has 0 saturated carbocycles. The lowest BCUT2D eigenvalue weighted by Crippen LogP contribution is -2.43. The predicted octanol–water partition coefficient (Wildman–Crippen LogP) is 3.64. The van der Waals surface area contributed by atoms with Gasteiger partial charge in [0.25, 0.3) is 10.1 Å². The molecule has 0 spiro atoms. The van der Waals surface area contributed by atoms with Crippen molar-refractivity contribution in [3.05, 3.63) is 70.7 Å². The number of amides is 1. The Kier molecular flexibility index (Phi) is 14.2. The second-order valence-corrected chi connectivity index (χ2v) is 18.4. The quantitative estimate of drug-likeness (QED) is 0.0655. The Labute approximate surface area is 341 Å². The minimum atomic E-state index is -4.44. The van der Waals surface area contributed by atoms with Gasteiger partial charge in [0, 0.05) is 42.3 Å². The molecule has 4 rings (SSSR count). The Bertz CT molecular complexity index is 2230. The van der Waals surface area contributed by atoms with Crippen LogP contribution in [0.1, 0.15) is 98.6 Å². The number of amidine groups is 1. The molecule has 0 radical (unpaired) electrons. The maximum atomic E-state index is 12.1. The number of allylic oxidation sites excluding steroid dienone is 6. The van der Waals surface area contributed by atoms with Crippen LogP contribution in [0.5, 0.6) is 0 Å². The topological polar surface area (TPSA) is 213 Å². The van der Waals surface area contributed by atoms with E-state index in [4.69, 9.17) is 15.1 Å². The number of nitrogens with one attached hydrogen (secondary N) is 1. The first-order valence-corrected chi connectivity index (χ1v) is 20.8. The van der Waals surface area contributed by atoms with Gasteiger partial charge in [0.15, 0.2) is 5.71 Å². The third-order valence-corrected chi connectivity index (χ3v) is 10.4. The standard InChI is InChI=1S/C43H55N5O9S/c1-40(2,53)19-16-29-23-32-38(47(25-29)22-11-9-10-15-36(50)44-21-18-37(51)52)45-34(42(32,5)6)13-12-14-35-43(7,8)33-24-30(17-20-41(3,4)54)26-48(39(33)46-35)27-31(49)28-58(55,56)57/h12-14,23-26,31,49,53-54H,9-11,15,18,21-22,27-28H2,1-8H3,(H2-,44,50,51,52,55,56,57)/p+1. The molecule has 0 aliphatic carbocycles. The van der Waals surface area contributed by atoms with E-state index in [1.165, 1.54) is 0 Å². The number of carboxylic acid groups (broad SMARTS) is 1. The van der Waals surface area contributed by atoms with Gasteiger partial charge in [-0.25, -0.2) is 9.56 Å². The van der Waals surface area contributed by atoms with Crippen LogP contribution in [0.25, 0.3) is 0 Å². The molecule has 1 unspecified atom stereocenters. The number of hydrogen-bond acceptors (Lipinski definition) is 10. The maximum Gasteiger partial charge on any atom is 0.327 e. The van der Waals surface area contributed by atoms with Crippen molar-refractivity contribution in [2.45, 2.75) is 117 Å². The fourth-order valence-corrected chi connectivity index (χ4v) is 7.11.